The number of ether oxygens (including phenoxy) is 1. The third kappa shape index (κ3) is 6.31. The summed E-state index contributed by atoms with van der Waals surface area (Å²) in [6.45, 7) is 3.50. The van der Waals surface area contributed by atoms with Crippen LogP contribution in [0.4, 0.5) is 5.69 Å². The van der Waals surface area contributed by atoms with E-state index in [1.54, 1.807) is 37.3 Å². The van der Waals surface area contributed by atoms with Crippen LogP contribution in [0.15, 0.2) is 48.5 Å². The van der Waals surface area contributed by atoms with E-state index in [9.17, 15) is 14.4 Å². The highest BCUT2D eigenvalue weighted by Gasteiger charge is 2.21. The fourth-order valence-electron chi connectivity index (χ4n) is 3.54. The van der Waals surface area contributed by atoms with Crippen molar-refractivity contribution in [3.05, 3.63) is 59.7 Å². The maximum atomic E-state index is 12.3. The number of hydrogen-bond donors (Lipinski definition) is 3. The predicted octanol–water partition coefficient (Wildman–Crippen LogP) is 3.74. The summed E-state index contributed by atoms with van der Waals surface area (Å²) in [5.41, 5.74) is 6.70. The number of carbonyl (C=O) groups excluding carboxylic acids is 3. The molecular formula is C24H29N3O4. The van der Waals surface area contributed by atoms with Crippen LogP contribution in [-0.2, 0) is 9.59 Å². The lowest BCUT2D eigenvalue weighted by Gasteiger charge is -2.20. The van der Waals surface area contributed by atoms with Gasteiger partial charge in [-0.05, 0) is 62.6 Å². The van der Waals surface area contributed by atoms with Gasteiger partial charge in [-0.3, -0.25) is 25.2 Å². The minimum atomic E-state index is -0.779. The highest BCUT2D eigenvalue weighted by Crippen LogP contribution is 2.25. The zero-order chi connectivity index (χ0) is 22.2. The van der Waals surface area contributed by atoms with Gasteiger partial charge in [0, 0.05) is 17.2 Å². The van der Waals surface area contributed by atoms with Gasteiger partial charge in [-0.2, -0.15) is 0 Å². The van der Waals surface area contributed by atoms with Crippen LogP contribution in [-0.4, -0.2) is 23.8 Å². The number of carbonyl (C=O) groups is 3. The lowest BCUT2D eigenvalue weighted by molar-refractivity contribution is -0.128. The van der Waals surface area contributed by atoms with Crippen LogP contribution in [0, 0.1) is 12.8 Å². The van der Waals surface area contributed by atoms with Gasteiger partial charge >= 0.3 is 0 Å². The third-order valence-corrected chi connectivity index (χ3v) is 5.46. The van der Waals surface area contributed by atoms with Crippen LogP contribution in [0.1, 0.15) is 54.9 Å². The average Bonchev–Trinajstić information content (AvgIpc) is 2.79. The molecule has 31 heavy (non-hydrogen) atoms. The summed E-state index contributed by atoms with van der Waals surface area (Å²) < 4.78 is 5.64. The van der Waals surface area contributed by atoms with E-state index in [1.165, 1.54) is 6.42 Å². The Hall–Kier alpha value is -3.35. The summed E-state index contributed by atoms with van der Waals surface area (Å²) >= 11 is 0. The molecule has 2 aromatic rings. The van der Waals surface area contributed by atoms with Crippen molar-refractivity contribution in [3.63, 3.8) is 0 Å². The van der Waals surface area contributed by atoms with E-state index in [0.29, 0.717) is 17.0 Å². The molecule has 3 amide bonds. The van der Waals surface area contributed by atoms with Crippen molar-refractivity contribution in [1.82, 2.24) is 10.9 Å². The van der Waals surface area contributed by atoms with Crippen LogP contribution in [0.3, 0.4) is 0 Å². The molecule has 3 N–H and O–H groups in total. The molecule has 0 heterocycles. The fourth-order valence-corrected chi connectivity index (χ4v) is 3.54. The van der Waals surface area contributed by atoms with Crippen LogP contribution < -0.4 is 20.9 Å². The van der Waals surface area contributed by atoms with Crippen LogP contribution >= 0.6 is 0 Å². The topological polar surface area (TPSA) is 96.5 Å². The first-order chi connectivity index (χ1) is 14.9. The van der Waals surface area contributed by atoms with Gasteiger partial charge in [0.1, 0.15) is 5.75 Å². The molecular weight excluding hydrogens is 394 g/mol. The first-order valence-electron chi connectivity index (χ1n) is 10.7. The molecule has 164 valence electrons. The number of para-hydroxylation sites is 1. The first-order valence-corrected chi connectivity index (χ1v) is 10.7. The zero-order valence-corrected chi connectivity index (χ0v) is 17.9. The summed E-state index contributed by atoms with van der Waals surface area (Å²) in [5, 5.41) is 2.91. The van der Waals surface area contributed by atoms with E-state index < -0.39 is 17.9 Å². The van der Waals surface area contributed by atoms with Gasteiger partial charge in [0.05, 0.1) is 0 Å². The molecule has 7 nitrogen and oxygen atoms in total. The quantitative estimate of drug-likeness (QED) is 0.617. The number of hydrogen-bond acceptors (Lipinski definition) is 4. The van der Waals surface area contributed by atoms with Gasteiger partial charge in [0.2, 0.25) is 5.91 Å². The maximum Gasteiger partial charge on any atom is 0.279 e. The zero-order valence-electron chi connectivity index (χ0n) is 17.9. The number of rotatable bonds is 6. The number of amides is 3. The summed E-state index contributed by atoms with van der Waals surface area (Å²) in [5.74, 6) is -0.209. The molecule has 3 rings (SSSR count). The molecule has 7 heteroatoms. The van der Waals surface area contributed by atoms with Crippen molar-refractivity contribution in [2.24, 2.45) is 5.92 Å². The Balaban J connectivity index is 1.47. The second-order valence-corrected chi connectivity index (χ2v) is 7.87. The van der Waals surface area contributed by atoms with Gasteiger partial charge < -0.3 is 10.1 Å². The van der Waals surface area contributed by atoms with Crippen molar-refractivity contribution < 1.29 is 19.1 Å². The second kappa shape index (κ2) is 10.6. The fraction of sp³-hybridized carbons (Fsp3) is 0.375. The minimum Gasteiger partial charge on any atom is -0.481 e. The molecule has 1 unspecified atom stereocenters. The summed E-state index contributed by atoms with van der Waals surface area (Å²) in [4.78, 5) is 36.9. The lowest BCUT2D eigenvalue weighted by Crippen LogP contribution is -2.47. The molecule has 1 saturated carbocycles. The Morgan fingerprint density at radius 3 is 2.29 bits per heavy atom. The van der Waals surface area contributed by atoms with E-state index in [0.717, 1.165) is 31.2 Å². The first kappa shape index (κ1) is 22.3. The third-order valence-electron chi connectivity index (χ3n) is 5.46. The summed E-state index contributed by atoms with van der Waals surface area (Å²) in [6.07, 6.45) is 4.46. The van der Waals surface area contributed by atoms with Gasteiger partial charge in [0.25, 0.3) is 11.8 Å². The van der Waals surface area contributed by atoms with Gasteiger partial charge in [-0.25, -0.2) is 0 Å². The molecule has 0 spiro atoms. The monoisotopic (exact) mass is 423 g/mol. The Kier molecular flexibility index (Phi) is 7.65. The van der Waals surface area contributed by atoms with E-state index in [1.807, 2.05) is 25.1 Å². The van der Waals surface area contributed by atoms with Crippen molar-refractivity contribution in [3.8, 4) is 5.75 Å². The van der Waals surface area contributed by atoms with Gasteiger partial charge in [0.15, 0.2) is 6.10 Å². The molecule has 1 atom stereocenters. The molecule has 0 saturated heterocycles. The van der Waals surface area contributed by atoms with Gasteiger partial charge in [-0.1, -0.05) is 37.5 Å². The van der Waals surface area contributed by atoms with Crippen molar-refractivity contribution in [2.75, 3.05) is 5.32 Å². The minimum absolute atomic E-state index is 0.0341. The Labute approximate surface area is 182 Å². The normalized spacial score (nSPS) is 14.9. The van der Waals surface area contributed by atoms with E-state index in [4.69, 9.17) is 4.74 Å². The summed E-state index contributed by atoms with van der Waals surface area (Å²) in [7, 11) is 0. The van der Waals surface area contributed by atoms with E-state index in [-0.39, 0.29) is 11.8 Å². The number of aryl methyl sites for hydroxylation is 1. The molecule has 0 aliphatic heterocycles. The largest absolute Gasteiger partial charge is 0.481 e. The molecule has 0 bridgehead atoms. The molecule has 0 radical (unpaired) electrons. The molecule has 2 aromatic carbocycles. The predicted molar refractivity (Wildman–Crippen MR) is 119 cm³/mol. The maximum absolute atomic E-state index is 12.3. The highest BCUT2D eigenvalue weighted by atomic mass is 16.5. The Morgan fingerprint density at radius 1 is 0.935 bits per heavy atom. The van der Waals surface area contributed by atoms with E-state index in [2.05, 4.69) is 16.2 Å². The molecule has 1 aliphatic rings. The molecule has 1 fully saturated rings. The lowest BCUT2D eigenvalue weighted by atomic mass is 9.88. The highest BCUT2D eigenvalue weighted by molar-refractivity contribution is 5.97. The second-order valence-electron chi connectivity index (χ2n) is 7.87. The van der Waals surface area contributed by atoms with Crippen molar-refractivity contribution in [2.45, 2.75) is 52.1 Å². The standard InChI is InChI=1S/C24H29N3O4/c1-16-8-6-7-11-21(16)31-17(2)22(28)26-27-24(30)19-12-14-20(15-13-19)25-23(29)18-9-4-3-5-10-18/h6-8,11-15,17-18H,3-5,9-10H2,1-2H3,(H,25,29)(H,26,28)(H,27,30). The smallest absolute Gasteiger partial charge is 0.279 e. The molecule has 0 aromatic heterocycles. The van der Waals surface area contributed by atoms with Crippen LogP contribution in [0.5, 0.6) is 5.75 Å². The number of benzene rings is 2. The number of nitrogens with one attached hydrogen (secondary N) is 3. The van der Waals surface area contributed by atoms with Crippen molar-refractivity contribution >= 4 is 23.4 Å². The van der Waals surface area contributed by atoms with Crippen molar-refractivity contribution in [1.29, 1.82) is 0 Å². The molecule has 1 aliphatic carbocycles. The number of hydrazine groups is 1. The summed E-state index contributed by atoms with van der Waals surface area (Å²) in [6, 6.07) is 14.0. The Bertz CT molecular complexity index is 921. The SMILES string of the molecule is Cc1ccccc1OC(C)C(=O)NNC(=O)c1ccc(NC(=O)C2CCCCC2)cc1. The average molecular weight is 424 g/mol. The Morgan fingerprint density at radius 2 is 1.61 bits per heavy atom. The van der Waals surface area contributed by atoms with Crippen LogP contribution in [0.25, 0.3) is 0 Å². The van der Waals surface area contributed by atoms with E-state index >= 15 is 0 Å². The van der Waals surface area contributed by atoms with Gasteiger partial charge in [-0.15, -0.1) is 0 Å². The van der Waals surface area contributed by atoms with Crippen LogP contribution in [0.2, 0.25) is 0 Å². The number of anilines is 1.